The van der Waals surface area contributed by atoms with Gasteiger partial charge in [-0.15, -0.1) is 0 Å². The van der Waals surface area contributed by atoms with Crippen LogP contribution in [0.1, 0.15) is 25.7 Å². The highest BCUT2D eigenvalue weighted by Crippen LogP contribution is 2.31. The van der Waals surface area contributed by atoms with Crippen molar-refractivity contribution in [3.8, 4) is 0 Å². The average molecular weight is 408 g/mol. The van der Waals surface area contributed by atoms with E-state index in [1.54, 1.807) is 23.1 Å². The van der Waals surface area contributed by atoms with Crippen molar-refractivity contribution < 1.29 is 14.5 Å². The molecule has 0 bridgehead atoms. The first kappa shape index (κ1) is 19.9. The van der Waals surface area contributed by atoms with Gasteiger partial charge < -0.3 is 15.1 Å². The van der Waals surface area contributed by atoms with Gasteiger partial charge >= 0.3 is 0 Å². The highest BCUT2D eigenvalue weighted by molar-refractivity contribution is 5.96. The van der Waals surface area contributed by atoms with E-state index in [-0.39, 0.29) is 28.3 Å². The summed E-state index contributed by atoms with van der Waals surface area (Å²) in [5, 5.41) is 14.2. The van der Waals surface area contributed by atoms with Crippen molar-refractivity contribution in [2.45, 2.75) is 25.7 Å². The molecule has 30 heavy (non-hydrogen) atoms. The summed E-state index contributed by atoms with van der Waals surface area (Å²) in [6, 6.07) is 14.1. The Hall–Kier alpha value is -3.42. The molecular weight excluding hydrogens is 384 g/mol. The lowest BCUT2D eigenvalue weighted by molar-refractivity contribution is -0.384. The number of hydrogen-bond acceptors (Lipinski definition) is 5. The van der Waals surface area contributed by atoms with Crippen LogP contribution in [0.25, 0.3) is 0 Å². The first-order valence-electron chi connectivity index (χ1n) is 10.2. The first-order chi connectivity index (χ1) is 14.5. The maximum absolute atomic E-state index is 12.7. The van der Waals surface area contributed by atoms with E-state index >= 15 is 0 Å². The molecule has 0 spiro atoms. The molecule has 0 aromatic heterocycles. The summed E-state index contributed by atoms with van der Waals surface area (Å²) < 4.78 is 0. The molecule has 0 saturated carbocycles. The number of nitro benzene ring substituents is 1. The number of hydrogen-bond donors (Lipinski definition) is 1. The Bertz CT molecular complexity index is 952. The Balaban J connectivity index is 1.34. The van der Waals surface area contributed by atoms with Gasteiger partial charge in [-0.05, 0) is 49.6 Å². The predicted molar refractivity (Wildman–Crippen MR) is 115 cm³/mol. The van der Waals surface area contributed by atoms with Crippen molar-refractivity contribution in [3.05, 3.63) is 58.6 Å². The Morgan fingerprint density at radius 1 is 1.03 bits per heavy atom. The predicted octanol–water partition coefficient (Wildman–Crippen LogP) is 3.58. The summed E-state index contributed by atoms with van der Waals surface area (Å²) in [6.07, 6.45) is 2.74. The number of rotatable bonds is 5. The number of nitro groups is 1. The fourth-order valence-electron chi connectivity index (χ4n) is 4.16. The number of carbonyl (C=O) groups excluding carboxylic acids is 2. The van der Waals surface area contributed by atoms with E-state index in [4.69, 9.17) is 0 Å². The van der Waals surface area contributed by atoms with Crippen molar-refractivity contribution >= 4 is 34.6 Å². The third-order valence-electron chi connectivity index (χ3n) is 5.80. The standard InChI is InChI=1S/C22H24N4O4/c27-21-6-3-13-25(21)18-9-7-17(8-10-18)23-22(28)16-11-14-24(15-12-16)19-4-1-2-5-20(19)26(29)30/h1-2,4-5,7-10,16H,3,6,11-15H2,(H,23,28). The van der Waals surface area contributed by atoms with Crippen LogP contribution in [0.2, 0.25) is 0 Å². The molecule has 0 unspecified atom stereocenters. The fourth-order valence-corrected chi connectivity index (χ4v) is 4.16. The van der Waals surface area contributed by atoms with Gasteiger partial charge in [-0.1, -0.05) is 12.1 Å². The summed E-state index contributed by atoms with van der Waals surface area (Å²) >= 11 is 0. The molecule has 4 rings (SSSR count). The van der Waals surface area contributed by atoms with Gasteiger partial charge in [0.1, 0.15) is 5.69 Å². The topological polar surface area (TPSA) is 95.8 Å². The maximum Gasteiger partial charge on any atom is 0.292 e. The number of carbonyl (C=O) groups is 2. The van der Waals surface area contributed by atoms with E-state index in [1.807, 2.05) is 29.2 Å². The van der Waals surface area contributed by atoms with Crippen LogP contribution in [0, 0.1) is 16.0 Å². The molecule has 2 aliphatic heterocycles. The molecule has 2 aromatic rings. The lowest BCUT2D eigenvalue weighted by Gasteiger charge is -2.32. The van der Waals surface area contributed by atoms with Gasteiger partial charge in [-0.2, -0.15) is 0 Å². The van der Waals surface area contributed by atoms with Crippen molar-refractivity contribution in [1.82, 2.24) is 0 Å². The van der Waals surface area contributed by atoms with E-state index in [0.717, 1.165) is 18.7 Å². The molecule has 0 aliphatic carbocycles. The van der Waals surface area contributed by atoms with Crippen LogP contribution >= 0.6 is 0 Å². The Labute approximate surface area is 174 Å². The van der Waals surface area contributed by atoms with Gasteiger partial charge in [-0.25, -0.2) is 0 Å². The SMILES string of the molecule is O=C(Nc1ccc(N2CCCC2=O)cc1)C1CCN(c2ccccc2[N+](=O)[O-])CC1. The third kappa shape index (κ3) is 4.12. The molecule has 156 valence electrons. The van der Waals surface area contributed by atoms with Gasteiger partial charge in [0, 0.05) is 49.4 Å². The van der Waals surface area contributed by atoms with Gasteiger partial charge in [0.25, 0.3) is 5.69 Å². The van der Waals surface area contributed by atoms with Crippen LogP contribution < -0.4 is 15.1 Å². The summed E-state index contributed by atoms with van der Waals surface area (Å²) in [7, 11) is 0. The zero-order chi connectivity index (χ0) is 21.1. The monoisotopic (exact) mass is 408 g/mol. The van der Waals surface area contributed by atoms with Gasteiger partial charge in [-0.3, -0.25) is 19.7 Å². The van der Waals surface area contributed by atoms with Crippen LogP contribution in [0.3, 0.4) is 0 Å². The molecule has 2 amide bonds. The molecular formula is C22H24N4O4. The van der Waals surface area contributed by atoms with E-state index in [1.165, 1.54) is 6.07 Å². The van der Waals surface area contributed by atoms with Crippen molar-refractivity contribution in [2.75, 3.05) is 34.8 Å². The molecule has 2 aliphatic rings. The largest absolute Gasteiger partial charge is 0.366 e. The quantitative estimate of drug-likeness (QED) is 0.603. The molecule has 1 N–H and O–H groups in total. The molecule has 2 aromatic carbocycles. The van der Waals surface area contributed by atoms with E-state index < -0.39 is 0 Å². The number of anilines is 3. The minimum atomic E-state index is -0.368. The second-order valence-corrected chi connectivity index (χ2v) is 7.69. The minimum absolute atomic E-state index is 0.0396. The van der Waals surface area contributed by atoms with E-state index in [0.29, 0.717) is 43.7 Å². The lowest BCUT2D eigenvalue weighted by Crippen LogP contribution is -2.38. The molecule has 0 atom stereocenters. The van der Waals surface area contributed by atoms with E-state index in [9.17, 15) is 19.7 Å². The summed E-state index contributed by atoms with van der Waals surface area (Å²) in [5.74, 6) is -0.0386. The molecule has 2 fully saturated rings. The van der Waals surface area contributed by atoms with Gasteiger partial charge in [0.15, 0.2) is 0 Å². The summed E-state index contributed by atoms with van der Waals surface area (Å²) in [6.45, 7) is 1.93. The number of piperidine rings is 1. The number of nitrogens with one attached hydrogen (secondary N) is 1. The third-order valence-corrected chi connectivity index (χ3v) is 5.80. The van der Waals surface area contributed by atoms with Gasteiger partial charge in [0.05, 0.1) is 4.92 Å². The van der Waals surface area contributed by atoms with Gasteiger partial charge in [0.2, 0.25) is 11.8 Å². The number of para-hydroxylation sites is 2. The summed E-state index contributed by atoms with van der Waals surface area (Å²) in [4.78, 5) is 39.2. The first-order valence-corrected chi connectivity index (χ1v) is 10.2. The van der Waals surface area contributed by atoms with Crippen LogP contribution in [0.4, 0.5) is 22.7 Å². The molecule has 0 radical (unpaired) electrons. The highest BCUT2D eigenvalue weighted by atomic mass is 16.6. The Morgan fingerprint density at radius 2 is 1.73 bits per heavy atom. The molecule has 8 nitrogen and oxygen atoms in total. The zero-order valence-electron chi connectivity index (χ0n) is 16.6. The Kier molecular flexibility index (Phi) is 5.65. The van der Waals surface area contributed by atoms with Crippen molar-refractivity contribution in [3.63, 3.8) is 0 Å². The lowest BCUT2D eigenvalue weighted by atomic mass is 9.95. The average Bonchev–Trinajstić information content (AvgIpc) is 3.20. The van der Waals surface area contributed by atoms with E-state index in [2.05, 4.69) is 5.32 Å². The zero-order valence-corrected chi connectivity index (χ0v) is 16.6. The normalized spacial score (nSPS) is 17.3. The number of amides is 2. The smallest absolute Gasteiger partial charge is 0.292 e. The second kappa shape index (κ2) is 8.52. The summed E-state index contributed by atoms with van der Waals surface area (Å²) in [5.41, 5.74) is 2.26. The van der Waals surface area contributed by atoms with Crippen molar-refractivity contribution in [2.24, 2.45) is 5.92 Å². The second-order valence-electron chi connectivity index (χ2n) is 7.69. The fraction of sp³-hybridized carbons (Fsp3) is 0.364. The molecule has 2 saturated heterocycles. The molecule has 8 heteroatoms. The van der Waals surface area contributed by atoms with Crippen LogP contribution in [-0.2, 0) is 9.59 Å². The highest BCUT2D eigenvalue weighted by Gasteiger charge is 2.28. The van der Waals surface area contributed by atoms with Crippen LogP contribution in [0.15, 0.2) is 48.5 Å². The maximum atomic E-state index is 12.7. The molecule has 2 heterocycles. The minimum Gasteiger partial charge on any atom is -0.366 e. The van der Waals surface area contributed by atoms with Crippen LogP contribution in [0.5, 0.6) is 0 Å². The Morgan fingerprint density at radius 3 is 2.37 bits per heavy atom. The number of nitrogens with zero attached hydrogens (tertiary/aromatic N) is 3. The van der Waals surface area contributed by atoms with Crippen molar-refractivity contribution in [1.29, 1.82) is 0 Å². The number of benzene rings is 2. The van der Waals surface area contributed by atoms with Crippen LogP contribution in [-0.4, -0.2) is 36.4 Å².